The average Bonchev–Trinajstić information content (AvgIpc) is 2.89. The Bertz CT molecular complexity index is 677. The minimum atomic E-state index is 0.264. The van der Waals surface area contributed by atoms with E-state index in [0.717, 1.165) is 18.5 Å². The molecule has 0 spiro atoms. The Morgan fingerprint density at radius 1 is 1.05 bits per heavy atom. The van der Waals surface area contributed by atoms with Gasteiger partial charge in [0.15, 0.2) is 5.78 Å². The lowest BCUT2D eigenvalue weighted by molar-refractivity contribution is 0.0974. The second kappa shape index (κ2) is 5.03. The van der Waals surface area contributed by atoms with Crippen LogP contribution in [0.25, 0.3) is 0 Å². The van der Waals surface area contributed by atoms with E-state index >= 15 is 0 Å². The molecule has 106 valence electrons. The maximum atomic E-state index is 12.5. The van der Waals surface area contributed by atoms with E-state index in [4.69, 9.17) is 0 Å². The lowest BCUT2D eigenvalue weighted by atomic mass is 10.0. The van der Waals surface area contributed by atoms with Gasteiger partial charge in [-0.25, -0.2) is 0 Å². The van der Waals surface area contributed by atoms with Gasteiger partial charge in [-0.1, -0.05) is 48.5 Å². The molecule has 0 saturated carbocycles. The van der Waals surface area contributed by atoms with Crippen molar-refractivity contribution >= 4 is 11.5 Å². The minimum Gasteiger partial charge on any atom is -0.367 e. The summed E-state index contributed by atoms with van der Waals surface area (Å²) in [6.45, 7) is 1.09. The molecule has 0 amide bonds. The molecule has 2 nitrogen and oxygen atoms in total. The number of benzene rings is 2. The number of aryl methyl sites for hydroxylation is 1. The first-order valence-electron chi connectivity index (χ1n) is 7.78. The van der Waals surface area contributed by atoms with Gasteiger partial charge in [-0.05, 0) is 30.4 Å². The zero-order chi connectivity index (χ0) is 14.2. The van der Waals surface area contributed by atoms with E-state index in [9.17, 15) is 4.79 Å². The molecular formula is C19H19NO. The molecule has 0 radical (unpaired) electrons. The highest BCUT2D eigenvalue weighted by Gasteiger charge is 2.34. The molecule has 0 N–H and O–H groups in total. The van der Waals surface area contributed by atoms with Gasteiger partial charge < -0.3 is 4.90 Å². The molecule has 2 heterocycles. The van der Waals surface area contributed by atoms with Crippen LogP contribution in [0.5, 0.6) is 0 Å². The van der Waals surface area contributed by atoms with Crippen LogP contribution < -0.4 is 4.90 Å². The van der Waals surface area contributed by atoms with Crippen molar-refractivity contribution in [3.8, 4) is 0 Å². The van der Waals surface area contributed by atoms with Gasteiger partial charge >= 0.3 is 0 Å². The normalized spacial score (nSPS) is 19.4. The highest BCUT2D eigenvalue weighted by Crippen LogP contribution is 2.40. The first kappa shape index (κ1) is 12.6. The van der Waals surface area contributed by atoms with E-state index in [1.807, 2.05) is 30.3 Å². The average molecular weight is 277 g/mol. The van der Waals surface area contributed by atoms with Crippen molar-refractivity contribution in [3.63, 3.8) is 0 Å². The Labute approximate surface area is 125 Å². The molecule has 0 aromatic heterocycles. The Morgan fingerprint density at radius 2 is 1.86 bits per heavy atom. The van der Waals surface area contributed by atoms with Crippen molar-refractivity contribution < 1.29 is 4.79 Å². The third-order valence-electron chi connectivity index (χ3n) is 4.75. The topological polar surface area (TPSA) is 20.3 Å². The molecule has 2 aromatic rings. The van der Waals surface area contributed by atoms with Crippen molar-refractivity contribution in [1.29, 1.82) is 0 Å². The number of carbonyl (C=O) groups is 1. The van der Waals surface area contributed by atoms with Crippen molar-refractivity contribution in [2.45, 2.75) is 31.7 Å². The predicted molar refractivity (Wildman–Crippen MR) is 85.0 cm³/mol. The number of Topliss-reactive ketones (excluding diaryl/α,β-unsaturated/α-hetero) is 1. The molecule has 1 unspecified atom stereocenters. The monoisotopic (exact) mass is 277 g/mol. The fraction of sp³-hybridized carbons (Fsp3) is 0.316. The largest absolute Gasteiger partial charge is 0.367 e. The zero-order valence-corrected chi connectivity index (χ0v) is 12.1. The molecular weight excluding hydrogens is 258 g/mol. The number of hydrogen-bond donors (Lipinski definition) is 0. The second-order valence-corrected chi connectivity index (χ2v) is 6.07. The summed E-state index contributed by atoms with van der Waals surface area (Å²) in [5, 5.41) is 0. The molecule has 0 fully saturated rings. The molecule has 2 aliphatic rings. The van der Waals surface area contributed by atoms with Crippen LogP contribution in [-0.4, -0.2) is 18.4 Å². The van der Waals surface area contributed by atoms with Crippen molar-refractivity contribution in [2.24, 2.45) is 0 Å². The standard InChI is InChI=1S/C19H19NO/c21-18(14-6-2-1-3-7-14)13-17-12-16-9-4-8-15-10-5-11-20(17)19(15)16/h1-4,6-9,17H,5,10-13H2. The van der Waals surface area contributed by atoms with Gasteiger partial charge in [0.25, 0.3) is 0 Å². The summed E-state index contributed by atoms with van der Waals surface area (Å²) in [6, 6.07) is 16.7. The zero-order valence-electron chi connectivity index (χ0n) is 12.1. The first-order valence-corrected chi connectivity index (χ1v) is 7.78. The quantitative estimate of drug-likeness (QED) is 0.798. The summed E-state index contributed by atoms with van der Waals surface area (Å²) < 4.78 is 0. The lowest BCUT2D eigenvalue weighted by Gasteiger charge is -2.32. The number of para-hydroxylation sites is 1. The summed E-state index contributed by atoms with van der Waals surface area (Å²) in [4.78, 5) is 15.0. The summed E-state index contributed by atoms with van der Waals surface area (Å²) in [7, 11) is 0. The van der Waals surface area contributed by atoms with Gasteiger partial charge in [0.1, 0.15) is 0 Å². The van der Waals surface area contributed by atoms with Crippen LogP contribution >= 0.6 is 0 Å². The first-order chi connectivity index (χ1) is 10.3. The predicted octanol–water partition coefficient (Wildman–Crippen LogP) is 3.64. The van der Waals surface area contributed by atoms with Crippen LogP contribution in [-0.2, 0) is 12.8 Å². The Morgan fingerprint density at radius 3 is 2.71 bits per heavy atom. The molecule has 4 rings (SSSR count). The van der Waals surface area contributed by atoms with Gasteiger partial charge in [-0.3, -0.25) is 4.79 Å². The molecule has 0 saturated heterocycles. The van der Waals surface area contributed by atoms with Gasteiger partial charge in [0, 0.05) is 30.3 Å². The Hall–Kier alpha value is -2.09. The van der Waals surface area contributed by atoms with Crippen molar-refractivity contribution in [2.75, 3.05) is 11.4 Å². The van der Waals surface area contributed by atoms with Gasteiger partial charge in [0.2, 0.25) is 0 Å². The highest BCUT2D eigenvalue weighted by molar-refractivity contribution is 5.96. The maximum absolute atomic E-state index is 12.5. The van der Waals surface area contributed by atoms with E-state index in [1.165, 1.54) is 29.7 Å². The molecule has 2 aromatic carbocycles. The number of anilines is 1. The van der Waals surface area contributed by atoms with E-state index in [1.54, 1.807) is 0 Å². The number of carbonyl (C=O) groups excluding carboxylic acids is 1. The van der Waals surface area contributed by atoms with Crippen LogP contribution in [0.15, 0.2) is 48.5 Å². The van der Waals surface area contributed by atoms with Gasteiger partial charge in [-0.2, -0.15) is 0 Å². The fourth-order valence-corrected chi connectivity index (χ4v) is 3.80. The van der Waals surface area contributed by atoms with Crippen LogP contribution in [0.1, 0.15) is 34.3 Å². The van der Waals surface area contributed by atoms with Crippen molar-refractivity contribution in [1.82, 2.24) is 0 Å². The number of rotatable bonds is 3. The summed E-state index contributed by atoms with van der Waals surface area (Å²) in [6.07, 6.45) is 4.02. The van der Waals surface area contributed by atoms with E-state index in [0.29, 0.717) is 12.5 Å². The summed E-state index contributed by atoms with van der Waals surface area (Å²) in [5.41, 5.74) is 5.16. The second-order valence-electron chi connectivity index (χ2n) is 6.07. The van der Waals surface area contributed by atoms with E-state index < -0.39 is 0 Å². The van der Waals surface area contributed by atoms with Crippen LogP contribution in [0.4, 0.5) is 5.69 Å². The third-order valence-corrected chi connectivity index (χ3v) is 4.75. The van der Waals surface area contributed by atoms with Gasteiger partial charge in [0.05, 0.1) is 0 Å². The highest BCUT2D eigenvalue weighted by atomic mass is 16.1. The van der Waals surface area contributed by atoms with Crippen LogP contribution in [0.3, 0.4) is 0 Å². The van der Waals surface area contributed by atoms with E-state index in [-0.39, 0.29) is 5.78 Å². The van der Waals surface area contributed by atoms with Gasteiger partial charge in [-0.15, -0.1) is 0 Å². The molecule has 2 heteroatoms. The smallest absolute Gasteiger partial charge is 0.164 e. The van der Waals surface area contributed by atoms with E-state index in [2.05, 4.69) is 23.1 Å². The molecule has 0 bridgehead atoms. The molecule has 2 aliphatic heterocycles. The number of nitrogens with zero attached hydrogens (tertiary/aromatic N) is 1. The SMILES string of the molecule is O=C(CC1Cc2cccc3c2N1CCC3)c1ccccc1. The Balaban J connectivity index is 1.59. The third kappa shape index (κ3) is 2.15. The fourth-order valence-electron chi connectivity index (χ4n) is 3.80. The maximum Gasteiger partial charge on any atom is 0.164 e. The lowest BCUT2D eigenvalue weighted by Crippen LogP contribution is -2.37. The van der Waals surface area contributed by atoms with Crippen molar-refractivity contribution in [3.05, 3.63) is 65.2 Å². The molecule has 21 heavy (non-hydrogen) atoms. The minimum absolute atomic E-state index is 0.264. The van der Waals surface area contributed by atoms with Crippen LogP contribution in [0, 0.1) is 0 Å². The molecule has 1 atom stereocenters. The number of hydrogen-bond acceptors (Lipinski definition) is 2. The summed E-state index contributed by atoms with van der Waals surface area (Å²) in [5.74, 6) is 0.264. The molecule has 0 aliphatic carbocycles. The Kier molecular flexibility index (Phi) is 3.03. The van der Waals surface area contributed by atoms with Crippen LogP contribution in [0.2, 0.25) is 0 Å². The number of ketones is 1. The summed E-state index contributed by atoms with van der Waals surface area (Å²) >= 11 is 0.